The number of aliphatic imine (C=N–C) groups is 1. The summed E-state index contributed by atoms with van der Waals surface area (Å²) in [6.07, 6.45) is 1.22. The minimum absolute atomic E-state index is 0.348. The van der Waals surface area contributed by atoms with Crippen molar-refractivity contribution in [3.63, 3.8) is 0 Å². The van der Waals surface area contributed by atoms with E-state index in [1.54, 1.807) is 33.3 Å². The third-order valence-electron chi connectivity index (χ3n) is 4.33. The van der Waals surface area contributed by atoms with Crippen molar-refractivity contribution in [3.05, 3.63) is 53.1 Å². The Kier molecular flexibility index (Phi) is 7.90. The largest absolute Gasteiger partial charge is 0.493 e. The highest BCUT2D eigenvalue weighted by Crippen LogP contribution is 2.30. The molecule has 2 rings (SSSR count). The molecule has 0 atom stereocenters. The van der Waals surface area contributed by atoms with E-state index in [4.69, 9.17) is 9.47 Å². The lowest BCUT2D eigenvalue weighted by atomic mass is 10.1. The molecule has 0 unspecified atom stereocenters. The normalized spacial score (nSPS) is 11.8. The van der Waals surface area contributed by atoms with E-state index in [2.05, 4.69) is 15.6 Å². The van der Waals surface area contributed by atoms with Crippen LogP contribution in [0.3, 0.4) is 0 Å². The molecule has 2 aromatic rings. The number of sulfone groups is 1. The summed E-state index contributed by atoms with van der Waals surface area (Å²) in [5.74, 6) is 2.02. The molecule has 0 amide bonds. The lowest BCUT2D eigenvalue weighted by molar-refractivity contribution is 0.351. The van der Waals surface area contributed by atoms with Crippen molar-refractivity contribution in [3.8, 4) is 11.5 Å². The molecule has 0 radical (unpaired) electrons. The molecule has 0 saturated carbocycles. The van der Waals surface area contributed by atoms with Crippen molar-refractivity contribution in [2.45, 2.75) is 31.8 Å². The Morgan fingerprint density at radius 2 is 1.86 bits per heavy atom. The molecule has 158 valence electrons. The second-order valence-corrected chi connectivity index (χ2v) is 8.56. The number of aryl methyl sites for hydroxylation is 1. The van der Waals surface area contributed by atoms with Crippen molar-refractivity contribution < 1.29 is 17.9 Å². The molecule has 0 heterocycles. The van der Waals surface area contributed by atoms with Gasteiger partial charge in [0.2, 0.25) is 0 Å². The Balaban J connectivity index is 2.14. The molecule has 7 nitrogen and oxygen atoms in total. The third kappa shape index (κ3) is 6.12. The Labute approximate surface area is 173 Å². The second-order valence-electron chi connectivity index (χ2n) is 6.57. The molecule has 0 aromatic heterocycles. The van der Waals surface area contributed by atoms with Crippen molar-refractivity contribution in [2.75, 3.05) is 27.0 Å². The Hall–Kier alpha value is -2.74. The minimum Gasteiger partial charge on any atom is -0.493 e. The van der Waals surface area contributed by atoms with Crippen LogP contribution in [-0.2, 0) is 22.9 Å². The number of guanidine groups is 1. The molecule has 0 aliphatic carbocycles. The Bertz CT molecular complexity index is 972. The van der Waals surface area contributed by atoms with E-state index < -0.39 is 9.84 Å². The molecule has 0 saturated heterocycles. The van der Waals surface area contributed by atoms with Crippen LogP contribution in [0.15, 0.2) is 46.3 Å². The van der Waals surface area contributed by atoms with E-state index in [9.17, 15) is 8.42 Å². The first-order valence-electron chi connectivity index (χ1n) is 9.31. The molecular formula is C21H29N3O4S. The zero-order valence-corrected chi connectivity index (χ0v) is 18.4. The zero-order valence-electron chi connectivity index (χ0n) is 17.6. The highest BCUT2D eigenvalue weighted by molar-refractivity contribution is 7.90. The van der Waals surface area contributed by atoms with Crippen LogP contribution in [0.4, 0.5) is 0 Å². The number of hydrogen-bond acceptors (Lipinski definition) is 5. The van der Waals surface area contributed by atoms with E-state index in [0.717, 1.165) is 16.7 Å². The van der Waals surface area contributed by atoms with Gasteiger partial charge in [0, 0.05) is 24.9 Å². The van der Waals surface area contributed by atoms with Crippen molar-refractivity contribution >= 4 is 15.8 Å². The third-order valence-corrected chi connectivity index (χ3v) is 5.59. The summed E-state index contributed by atoms with van der Waals surface area (Å²) < 4.78 is 34.3. The van der Waals surface area contributed by atoms with E-state index in [1.165, 1.54) is 6.26 Å². The number of nitrogens with zero attached hydrogens (tertiary/aromatic N) is 1. The Morgan fingerprint density at radius 3 is 2.45 bits per heavy atom. The van der Waals surface area contributed by atoms with Gasteiger partial charge in [0.25, 0.3) is 0 Å². The molecule has 29 heavy (non-hydrogen) atoms. The lowest BCUT2D eigenvalue weighted by Gasteiger charge is -2.15. The number of nitrogens with one attached hydrogen (secondary N) is 2. The minimum atomic E-state index is -3.22. The molecule has 2 aromatic carbocycles. The van der Waals surface area contributed by atoms with Gasteiger partial charge in [-0.25, -0.2) is 13.4 Å². The van der Waals surface area contributed by atoms with Crippen LogP contribution in [-0.4, -0.2) is 41.4 Å². The van der Waals surface area contributed by atoms with E-state index in [1.807, 2.05) is 31.2 Å². The molecular weight excluding hydrogens is 390 g/mol. The number of para-hydroxylation sites is 1. The van der Waals surface area contributed by atoms with Gasteiger partial charge in [0.15, 0.2) is 27.3 Å². The van der Waals surface area contributed by atoms with Crippen molar-refractivity contribution in [1.82, 2.24) is 10.6 Å². The van der Waals surface area contributed by atoms with Gasteiger partial charge in [0.1, 0.15) is 0 Å². The monoisotopic (exact) mass is 419 g/mol. The van der Waals surface area contributed by atoms with Gasteiger partial charge >= 0.3 is 0 Å². The quantitative estimate of drug-likeness (QED) is 0.505. The van der Waals surface area contributed by atoms with E-state index in [-0.39, 0.29) is 0 Å². The maximum atomic E-state index is 11.8. The first-order chi connectivity index (χ1) is 13.8. The summed E-state index contributed by atoms with van der Waals surface area (Å²) >= 11 is 0. The Morgan fingerprint density at radius 1 is 1.10 bits per heavy atom. The first kappa shape index (κ1) is 22.5. The average molecular weight is 420 g/mol. The van der Waals surface area contributed by atoms with Gasteiger partial charge in [-0.1, -0.05) is 24.3 Å². The topological polar surface area (TPSA) is 89.0 Å². The zero-order chi connectivity index (χ0) is 21.4. The summed E-state index contributed by atoms with van der Waals surface area (Å²) in [6.45, 7) is 5.44. The number of methoxy groups -OCH3 is 2. The van der Waals surface area contributed by atoms with Crippen molar-refractivity contribution in [2.24, 2.45) is 4.99 Å². The fraction of sp³-hybridized carbons (Fsp3) is 0.381. The highest BCUT2D eigenvalue weighted by Gasteiger charge is 2.12. The second kappa shape index (κ2) is 10.2. The smallest absolute Gasteiger partial charge is 0.191 e. The number of ether oxygens (including phenoxy) is 2. The van der Waals surface area contributed by atoms with Crippen LogP contribution in [0, 0.1) is 6.92 Å². The standard InChI is InChI=1S/C21H29N3O4S/c1-6-22-21(24-14-17-8-7-9-18(27-3)20(17)28-4)23-13-16-10-11-19(15(2)12-16)29(5,25)26/h7-12H,6,13-14H2,1-5H3,(H2,22,23,24). The van der Waals surface area contributed by atoms with Gasteiger partial charge in [-0.05, 0) is 37.1 Å². The SMILES string of the molecule is CCNC(=NCc1ccc(S(C)(=O)=O)c(C)c1)NCc1cccc(OC)c1OC. The lowest BCUT2D eigenvalue weighted by Crippen LogP contribution is -2.36. The van der Waals surface area contributed by atoms with Crippen LogP contribution < -0.4 is 20.1 Å². The fourth-order valence-corrected chi connectivity index (χ4v) is 3.97. The van der Waals surface area contributed by atoms with Gasteiger partial charge in [-0.3, -0.25) is 0 Å². The van der Waals surface area contributed by atoms with Crippen LogP contribution in [0.5, 0.6) is 11.5 Å². The van der Waals surface area contributed by atoms with E-state index >= 15 is 0 Å². The van der Waals surface area contributed by atoms with Gasteiger partial charge < -0.3 is 20.1 Å². The molecule has 0 spiro atoms. The van der Waals surface area contributed by atoms with Crippen LogP contribution in [0.25, 0.3) is 0 Å². The van der Waals surface area contributed by atoms with Gasteiger partial charge in [-0.15, -0.1) is 0 Å². The number of hydrogen-bond donors (Lipinski definition) is 2. The maximum absolute atomic E-state index is 11.8. The van der Waals surface area contributed by atoms with Crippen LogP contribution in [0.1, 0.15) is 23.6 Å². The maximum Gasteiger partial charge on any atom is 0.191 e. The van der Waals surface area contributed by atoms with Gasteiger partial charge in [0.05, 0.1) is 25.7 Å². The number of rotatable bonds is 8. The first-order valence-corrected chi connectivity index (χ1v) is 11.2. The summed E-state index contributed by atoms with van der Waals surface area (Å²) in [5, 5.41) is 6.50. The summed E-state index contributed by atoms with van der Waals surface area (Å²) in [7, 11) is -0.00144. The van der Waals surface area contributed by atoms with Crippen LogP contribution in [0.2, 0.25) is 0 Å². The van der Waals surface area contributed by atoms with E-state index in [0.29, 0.717) is 42.0 Å². The molecule has 0 aliphatic heterocycles. The summed E-state index contributed by atoms with van der Waals surface area (Å²) in [6, 6.07) is 11.0. The molecule has 0 fully saturated rings. The average Bonchev–Trinajstić information content (AvgIpc) is 2.68. The summed E-state index contributed by atoms with van der Waals surface area (Å²) in [5.41, 5.74) is 2.61. The summed E-state index contributed by atoms with van der Waals surface area (Å²) in [4.78, 5) is 4.95. The van der Waals surface area contributed by atoms with Gasteiger partial charge in [-0.2, -0.15) is 0 Å². The molecule has 8 heteroatoms. The van der Waals surface area contributed by atoms with Crippen LogP contribution >= 0.6 is 0 Å². The fourth-order valence-electron chi connectivity index (χ4n) is 3.01. The molecule has 2 N–H and O–H groups in total. The molecule has 0 aliphatic rings. The van der Waals surface area contributed by atoms with Crippen molar-refractivity contribution in [1.29, 1.82) is 0 Å². The number of benzene rings is 2. The molecule has 0 bridgehead atoms. The predicted octanol–water partition coefficient (Wildman–Crippen LogP) is 2.67. The highest BCUT2D eigenvalue weighted by atomic mass is 32.2. The predicted molar refractivity (Wildman–Crippen MR) is 115 cm³/mol.